The lowest BCUT2D eigenvalue weighted by molar-refractivity contribution is -0.132. The number of nitrogens with one attached hydrogen (secondary N) is 4. The molecule has 2 amide bonds. The second-order valence-electron chi connectivity index (χ2n) is 6.38. The summed E-state index contributed by atoms with van der Waals surface area (Å²) in [5, 5.41) is 11.6. The van der Waals surface area contributed by atoms with E-state index in [4.69, 9.17) is 0 Å². The van der Waals surface area contributed by atoms with Gasteiger partial charge in [-0.3, -0.25) is 19.6 Å². The number of carbonyl (C=O) groups excluding carboxylic acids is 2. The zero-order chi connectivity index (χ0) is 19.3. The van der Waals surface area contributed by atoms with Crippen molar-refractivity contribution in [2.24, 2.45) is 9.98 Å². The van der Waals surface area contributed by atoms with Crippen molar-refractivity contribution in [3.63, 3.8) is 0 Å². The summed E-state index contributed by atoms with van der Waals surface area (Å²) in [6.45, 7) is 3.19. The molecule has 0 aromatic heterocycles. The van der Waals surface area contributed by atoms with Crippen LogP contribution in [0.25, 0.3) is 0 Å². The van der Waals surface area contributed by atoms with Gasteiger partial charge in [-0.25, -0.2) is 0 Å². The Hall–Kier alpha value is -3.68. The minimum Gasteiger partial charge on any atom is -0.368 e. The Morgan fingerprint density at radius 3 is 1.39 bits per heavy atom. The van der Waals surface area contributed by atoms with E-state index in [0.29, 0.717) is 11.4 Å². The van der Waals surface area contributed by atoms with Gasteiger partial charge in [0.15, 0.2) is 0 Å². The van der Waals surface area contributed by atoms with E-state index in [9.17, 15) is 9.59 Å². The molecule has 4 rings (SSSR count). The van der Waals surface area contributed by atoms with Gasteiger partial charge in [-0.2, -0.15) is 0 Å². The second kappa shape index (κ2) is 7.91. The smallest absolute Gasteiger partial charge is 0.314 e. The molecule has 2 aromatic rings. The number of hydrogen-bond acceptors (Lipinski definition) is 6. The van der Waals surface area contributed by atoms with Gasteiger partial charge in [-0.15, -0.1) is 0 Å². The summed E-state index contributed by atoms with van der Waals surface area (Å²) in [5.41, 5.74) is 2.98. The molecule has 2 heterocycles. The molecule has 0 spiro atoms. The Labute approximate surface area is 162 Å². The normalized spacial score (nSPS) is 15.1. The van der Waals surface area contributed by atoms with Crippen molar-refractivity contribution in [2.45, 2.75) is 0 Å². The van der Waals surface area contributed by atoms with Crippen LogP contribution in [0.2, 0.25) is 0 Å². The fourth-order valence-electron chi connectivity index (χ4n) is 2.98. The zero-order valence-corrected chi connectivity index (χ0v) is 15.2. The lowest BCUT2D eigenvalue weighted by Gasteiger charge is -2.09. The largest absolute Gasteiger partial charge is 0.368 e. The molecule has 0 saturated heterocycles. The van der Waals surface area contributed by atoms with Crippen LogP contribution in [0.5, 0.6) is 0 Å². The van der Waals surface area contributed by atoms with Crippen LogP contribution in [-0.4, -0.2) is 49.7 Å². The molecule has 2 aliphatic rings. The van der Waals surface area contributed by atoms with Crippen molar-refractivity contribution in [3.05, 3.63) is 59.7 Å². The lowest BCUT2D eigenvalue weighted by atomic mass is 10.2. The Morgan fingerprint density at radius 2 is 1.07 bits per heavy atom. The van der Waals surface area contributed by atoms with Crippen LogP contribution >= 0.6 is 0 Å². The first kappa shape index (κ1) is 17.7. The summed E-state index contributed by atoms with van der Waals surface area (Å²) >= 11 is 0. The fraction of sp³-hybridized carbons (Fsp3) is 0.200. The van der Waals surface area contributed by atoms with Gasteiger partial charge in [0.2, 0.25) is 0 Å². The third-order valence-electron chi connectivity index (χ3n) is 4.39. The summed E-state index contributed by atoms with van der Waals surface area (Å²) in [4.78, 5) is 33.0. The maximum absolute atomic E-state index is 12.1. The number of amidine groups is 2. The van der Waals surface area contributed by atoms with E-state index in [1.807, 2.05) is 24.3 Å². The van der Waals surface area contributed by atoms with Crippen LogP contribution in [0.15, 0.2) is 58.5 Å². The molecule has 28 heavy (non-hydrogen) atoms. The standard InChI is InChI=1S/C20H20N6O2/c27-19(25-15-5-1-13(2-6-15)17-21-9-10-22-17)20(28)26-16-7-3-14(4-8-16)18-23-11-12-24-18/h1-8H,9-12H2,(H,21,22)(H,23,24)(H,25,27)(H,26,28). The quantitative estimate of drug-likeness (QED) is 0.596. The van der Waals surface area contributed by atoms with Crippen molar-refractivity contribution in [1.82, 2.24) is 10.6 Å². The summed E-state index contributed by atoms with van der Waals surface area (Å²) in [5.74, 6) is 0.237. The number of amides is 2. The van der Waals surface area contributed by atoms with Crippen molar-refractivity contribution < 1.29 is 9.59 Å². The minimum absolute atomic E-state index is 0.545. The molecule has 0 saturated carbocycles. The van der Waals surface area contributed by atoms with Gasteiger partial charge in [0.05, 0.1) is 13.1 Å². The predicted molar refractivity (Wildman–Crippen MR) is 109 cm³/mol. The lowest BCUT2D eigenvalue weighted by Crippen LogP contribution is -2.29. The Kier molecular flexibility index (Phi) is 5.01. The number of carbonyl (C=O) groups is 2. The molecule has 2 aliphatic heterocycles. The highest BCUT2D eigenvalue weighted by molar-refractivity contribution is 6.43. The number of anilines is 2. The molecule has 0 fully saturated rings. The molecule has 2 aromatic carbocycles. The van der Waals surface area contributed by atoms with E-state index in [2.05, 4.69) is 31.3 Å². The zero-order valence-electron chi connectivity index (χ0n) is 15.2. The SMILES string of the molecule is O=C(Nc1ccc(C2=NCCN2)cc1)C(=O)Nc1ccc(C2=NCCN2)cc1. The molecule has 0 atom stereocenters. The van der Waals surface area contributed by atoms with E-state index in [1.165, 1.54) is 0 Å². The molecule has 0 bridgehead atoms. The Morgan fingerprint density at radius 1 is 0.679 bits per heavy atom. The van der Waals surface area contributed by atoms with Gasteiger partial charge < -0.3 is 21.3 Å². The minimum atomic E-state index is -0.727. The van der Waals surface area contributed by atoms with E-state index < -0.39 is 11.8 Å². The Balaban J connectivity index is 1.33. The monoisotopic (exact) mass is 376 g/mol. The van der Waals surface area contributed by atoms with Crippen LogP contribution in [-0.2, 0) is 9.59 Å². The maximum atomic E-state index is 12.1. The first-order chi connectivity index (χ1) is 13.7. The summed E-state index contributed by atoms with van der Waals surface area (Å²) < 4.78 is 0. The number of rotatable bonds is 4. The van der Waals surface area contributed by atoms with Gasteiger partial charge in [0.25, 0.3) is 0 Å². The van der Waals surface area contributed by atoms with E-state index in [0.717, 1.165) is 49.0 Å². The number of hydrogen-bond donors (Lipinski definition) is 4. The molecule has 8 heteroatoms. The van der Waals surface area contributed by atoms with Crippen molar-refractivity contribution in [3.8, 4) is 0 Å². The molecule has 0 unspecified atom stereocenters. The first-order valence-electron chi connectivity index (χ1n) is 9.09. The summed E-state index contributed by atoms with van der Waals surface area (Å²) in [6.07, 6.45) is 0. The van der Waals surface area contributed by atoms with Gasteiger partial charge in [0, 0.05) is 35.6 Å². The van der Waals surface area contributed by atoms with Crippen LogP contribution in [0.1, 0.15) is 11.1 Å². The first-order valence-corrected chi connectivity index (χ1v) is 9.09. The third kappa shape index (κ3) is 4.01. The van der Waals surface area contributed by atoms with Gasteiger partial charge in [-0.05, 0) is 48.5 Å². The molecule has 0 aliphatic carbocycles. The van der Waals surface area contributed by atoms with E-state index >= 15 is 0 Å². The topological polar surface area (TPSA) is 107 Å². The number of benzene rings is 2. The average molecular weight is 376 g/mol. The average Bonchev–Trinajstić information content (AvgIpc) is 3.43. The predicted octanol–water partition coefficient (Wildman–Crippen LogP) is 0.963. The van der Waals surface area contributed by atoms with E-state index in [-0.39, 0.29) is 0 Å². The van der Waals surface area contributed by atoms with Gasteiger partial charge in [-0.1, -0.05) is 0 Å². The number of aliphatic imine (C=N–C) groups is 2. The van der Waals surface area contributed by atoms with Crippen LogP contribution in [0, 0.1) is 0 Å². The van der Waals surface area contributed by atoms with Gasteiger partial charge in [0.1, 0.15) is 11.7 Å². The van der Waals surface area contributed by atoms with Crippen molar-refractivity contribution in [2.75, 3.05) is 36.8 Å². The van der Waals surface area contributed by atoms with Crippen LogP contribution in [0.4, 0.5) is 11.4 Å². The van der Waals surface area contributed by atoms with E-state index in [1.54, 1.807) is 24.3 Å². The third-order valence-corrected chi connectivity index (χ3v) is 4.39. The van der Waals surface area contributed by atoms with Crippen molar-refractivity contribution in [1.29, 1.82) is 0 Å². The van der Waals surface area contributed by atoms with Gasteiger partial charge >= 0.3 is 11.8 Å². The second-order valence-corrected chi connectivity index (χ2v) is 6.38. The fourth-order valence-corrected chi connectivity index (χ4v) is 2.98. The number of nitrogens with zero attached hydrogens (tertiary/aromatic N) is 2. The highest BCUT2D eigenvalue weighted by atomic mass is 16.2. The Bertz CT molecular complexity index is 868. The molecule has 142 valence electrons. The molecule has 4 N–H and O–H groups in total. The summed E-state index contributed by atoms with van der Waals surface area (Å²) in [6, 6.07) is 14.4. The maximum Gasteiger partial charge on any atom is 0.314 e. The highest BCUT2D eigenvalue weighted by Gasteiger charge is 2.15. The van der Waals surface area contributed by atoms with Crippen LogP contribution in [0.3, 0.4) is 0 Å². The molecule has 0 radical (unpaired) electrons. The molecular formula is C20H20N6O2. The highest BCUT2D eigenvalue weighted by Crippen LogP contribution is 2.13. The molecular weight excluding hydrogens is 356 g/mol. The van der Waals surface area contributed by atoms with Crippen molar-refractivity contribution >= 4 is 34.9 Å². The molecule has 8 nitrogen and oxygen atoms in total. The summed E-state index contributed by atoms with van der Waals surface area (Å²) in [7, 11) is 0. The van der Waals surface area contributed by atoms with Crippen LogP contribution < -0.4 is 21.3 Å².